The van der Waals surface area contributed by atoms with E-state index in [4.69, 9.17) is 0 Å². The minimum atomic E-state index is 0.0500. The third kappa shape index (κ3) is 2.51. The van der Waals surface area contributed by atoms with Crippen LogP contribution in [0.1, 0.15) is 46.0 Å². The van der Waals surface area contributed by atoms with Gasteiger partial charge < -0.3 is 5.32 Å². The van der Waals surface area contributed by atoms with Crippen molar-refractivity contribution in [2.75, 3.05) is 6.54 Å². The van der Waals surface area contributed by atoms with Gasteiger partial charge in [0.2, 0.25) is 5.91 Å². The zero-order valence-corrected chi connectivity index (χ0v) is 9.81. The van der Waals surface area contributed by atoms with Crippen LogP contribution in [0, 0.1) is 5.92 Å². The number of piperazine rings is 1. The van der Waals surface area contributed by atoms with Gasteiger partial charge in [0.05, 0.1) is 6.04 Å². The van der Waals surface area contributed by atoms with Crippen LogP contribution < -0.4 is 10.6 Å². The Hall–Kier alpha value is -0.570. The van der Waals surface area contributed by atoms with E-state index in [2.05, 4.69) is 24.5 Å². The Kier molecular flexibility index (Phi) is 3.01. The fraction of sp³-hybridized carbons (Fsp3) is 0.917. The van der Waals surface area contributed by atoms with Crippen molar-refractivity contribution in [2.45, 2.75) is 57.5 Å². The molecule has 1 saturated carbocycles. The third-order valence-corrected chi connectivity index (χ3v) is 3.65. The summed E-state index contributed by atoms with van der Waals surface area (Å²) in [6.45, 7) is 5.06. The SMILES string of the molecule is CC1(C)CNC(=O)C(C2CCCCC2)N1. The number of rotatable bonds is 1. The van der Waals surface area contributed by atoms with Gasteiger partial charge in [0.15, 0.2) is 0 Å². The fourth-order valence-electron chi connectivity index (χ4n) is 2.76. The quantitative estimate of drug-likeness (QED) is 0.687. The monoisotopic (exact) mass is 210 g/mol. The van der Waals surface area contributed by atoms with Crippen molar-refractivity contribution < 1.29 is 4.79 Å². The zero-order chi connectivity index (χ0) is 10.9. The van der Waals surface area contributed by atoms with Crippen LogP contribution in [0.15, 0.2) is 0 Å². The van der Waals surface area contributed by atoms with Crippen molar-refractivity contribution in [3.63, 3.8) is 0 Å². The largest absolute Gasteiger partial charge is 0.353 e. The molecule has 0 aromatic heterocycles. The van der Waals surface area contributed by atoms with Crippen molar-refractivity contribution in [2.24, 2.45) is 5.92 Å². The third-order valence-electron chi connectivity index (χ3n) is 3.65. The first-order valence-corrected chi connectivity index (χ1v) is 6.14. The number of amides is 1. The summed E-state index contributed by atoms with van der Waals surface area (Å²) in [5, 5.41) is 6.52. The van der Waals surface area contributed by atoms with Crippen molar-refractivity contribution in [3.05, 3.63) is 0 Å². The maximum absolute atomic E-state index is 11.8. The highest BCUT2D eigenvalue weighted by Crippen LogP contribution is 2.28. The standard InChI is InChI=1S/C12H22N2O/c1-12(2)8-13-11(15)10(14-12)9-6-4-3-5-7-9/h9-10,14H,3-8H2,1-2H3,(H,13,15). The van der Waals surface area contributed by atoms with E-state index in [9.17, 15) is 4.79 Å². The van der Waals surface area contributed by atoms with Crippen molar-refractivity contribution in [1.29, 1.82) is 0 Å². The normalized spacial score (nSPS) is 32.4. The van der Waals surface area contributed by atoms with Crippen LogP contribution in [-0.2, 0) is 4.79 Å². The molecule has 1 heterocycles. The molecule has 3 heteroatoms. The van der Waals surface area contributed by atoms with E-state index in [0.717, 1.165) is 6.54 Å². The molecular weight excluding hydrogens is 188 g/mol. The number of carbonyl (C=O) groups is 1. The summed E-state index contributed by atoms with van der Waals surface area (Å²) in [5.41, 5.74) is 0.0516. The van der Waals surface area contributed by atoms with Gasteiger partial charge in [-0.3, -0.25) is 10.1 Å². The van der Waals surface area contributed by atoms with Crippen LogP contribution >= 0.6 is 0 Å². The van der Waals surface area contributed by atoms with E-state index in [1.165, 1.54) is 32.1 Å². The van der Waals surface area contributed by atoms with Crippen molar-refractivity contribution in [1.82, 2.24) is 10.6 Å². The minimum Gasteiger partial charge on any atom is -0.353 e. The molecule has 1 aliphatic heterocycles. The summed E-state index contributed by atoms with van der Waals surface area (Å²) >= 11 is 0. The smallest absolute Gasteiger partial charge is 0.237 e. The maximum atomic E-state index is 11.8. The van der Waals surface area contributed by atoms with Gasteiger partial charge in [0, 0.05) is 12.1 Å². The average molecular weight is 210 g/mol. The molecule has 3 nitrogen and oxygen atoms in total. The van der Waals surface area contributed by atoms with E-state index < -0.39 is 0 Å². The molecule has 1 atom stereocenters. The van der Waals surface area contributed by atoms with Gasteiger partial charge in [0.25, 0.3) is 0 Å². The lowest BCUT2D eigenvalue weighted by Crippen LogP contribution is -2.65. The number of hydrogen-bond acceptors (Lipinski definition) is 2. The summed E-state index contributed by atoms with van der Waals surface area (Å²) in [6, 6.07) is 0.0500. The number of nitrogens with one attached hydrogen (secondary N) is 2. The second-order valence-electron chi connectivity index (χ2n) is 5.62. The van der Waals surface area contributed by atoms with Crippen molar-refractivity contribution >= 4 is 5.91 Å². The maximum Gasteiger partial charge on any atom is 0.237 e. The molecular formula is C12H22N2O. The highest BCUT2D eigenvalue weighted by atomic mass is 16.2. The average Bonchev–Trinajstić information content (AvgIpc) is 2.23. The molecule has 2 aliphatic rings. The second kappa shape index (κ2) is 4.12. The minimum absolute atomic E-state index is 0.0500. The Morgan fingerprint density at radius 1 is 1.20 bits per heavy atom. The highest BCUT2D eigenvalue weighted by Gasteiger charge is 2.37. The molecule has 0 bridgehead atoms. The molecule has 2 fully saturated rings. The van der Waals surface area contributed by atoms with E-state index in [1.54, 1.807) is 0 Å². The molecule has 15 heavy (non-hydrogen) atoms. The summed E-state index contributed by atoms with van der Waals surface area (Å²) in [7, 11) is 0. The molecule has 2 N–H and O–H groups in total. The van der Waals surface area contributed by atoms with Crippen LogP contribution in [0.3, 0.4) is 0 Å². The van der Waals surface area contributed by atoms with E-state index in [0.29, 0.717) is 5.92 Å². The van der Waals surface area contributed by atoms with E-state index in [-0.39, 0.29) is 17.5 Å². The molecule has 0 spiro atoms. The predicted octanol–water partition coefficient (Wildman–Crippen LogP) is 1.43. The van der Waals surface area contributed by atoms with Gasteiger partial charge in [-0.15, -0.1) is 0 Å². The highest BCUT2D eigenvalue weighted by molar-refractivity contribution is 5.83. The van der Waals surface area contributed by atoms with Gasteiger partial charge >= 0.3 is 0 Å². The van der Waals surface area contributed by atoms with Crippen LogP contribution in [0.4, 0.5) is 0 Å². The van der Waals surface area contributed by atoms with Crippen LogP contribution in [0.25, 0.3) is 0 Å². The lowest BCUT2D eigenvalue weighted by molar-refractivity contribution is -0.127. The topological polar surface area (TPSA) is 41.1 Å². The molecule has 0 aromatic carbocycles. The molecule has 2 rings (SSSR count). The summed E-state index contributed by atoms with van der Waals surface area (Å²) in [5.74, 6) is 0.763. The molecule has 1 aliphatic carbocycles. The predicted molar refractivity (Wildman–Crippen MR) is 60.6 cm³/mol. The van der Waals surface area contributed by atoms with Crippen molar-refractivity contribution in [3.8, 4) is 0 Å². The fourth-order valence-corrected chi connectivity index (χ4v) is 2.76. The first-order valence-electron chi connectivity index (χ1n) is 6.14. The van der Waals surface area contributed by atoms with Gasteiger partial charge in [-0.2, -0.15) is 0 Å². The van der Waals surface area contributed by atoms with Gasteiger partial charge in [-0.05, 0) is 32.6 Å². The Morgan fingerprint density at radius 3 is 2.53 bits per heavy atom. The van der Waals surface area contributed by atoms with E-state index in [1.807, 2.05) is 0 Å². The van der Waals surface area contributed by atoms with E-state index >= 15 is 0 Å². The molecule has 1 unspecified atom stereocenters. The Morgan fingerprint density at radius 2 is 1.87 bits per heavy atom. The molecule has 86 valence electrons. The Bertz CT molecular complexity index is 244. The lowest BCUT2D eigenvalue weighted by Gasteiger charge is -2.41. The Labute approximate surface area is 92.0 Å². The molecule has 0 aromatic rings. The van der Waals surface area contributed by atoms with Crippen LogP contribution in [0.2, 0.25) is 0 Å². The summed E-state index contributed by atoms with van der Waals surface area (Å²) in [6.07, 6.45) is 6.34. The molecule has 0 radical (unpaired) electrons. The molecule has 1 amide bonds. The van der Waals surface area contributed by atoms with Crippen LogP contribution in [0.5, 0.6) is 0 Å². The number of carbonyl (C=O) groups excluding carboxylic acids is 1. The van der Waals surface area contributed by atoms with Gasteiger partial charge in [-0.25, -0.2) is 0 Å². The number of hydrogen-bond donors (Lipinski definition) is 2. The van der Waals surface area contributed by atoms with Crippen LogP contribution in [-0.4, -0.2) is 24.0 Å². The summed E-state index contributed by atoms with van der Waals surface area (Å²) < 4.78 is 0. The second-order valence-corrected chi connectivity index (χ2v) is 5.62. The zero-order valence-electron chi connectivity index (χ0n) is 9.81. The first-order chi connectivity index (χ1) is 7.08. The molecule has 1 saturated heterocycles. The first kappa shape index (κ1) is 10.9. The summed E-state index contributed by atoms with van der Waals surface area (Å²) in [4.78, 5) is 11.8. The van der Waals surface area contributed by atoms with Gasteiger partial charge in [0.1, 0.15) is 0 Å². The lowest BCUT2D eigenvalue weighted by atomic mass is 9.81. The van der Waals surface area contributed by atoms with Gasteiger partial charge in [-0.1, -0.05) is 19.3 Å². The Balaban J connectivity index is 2.01.